The van der Waals surface area contributed by atoms with Gasteiger partial charge >= 0.3 is 5.97 Å². The first-order valence-corrected chi connectivity index (χ1v) is 8.39. The van der Waals surface area contributed by atoms with E-state index in [1.54, 1.807) is 19.1 Å². The van der Waals surface area contributed by atoms with Crippen molar-refractivity contribution in [1.29, 1.82) is 0 Å². The molecule has 6 nitrogen and oxygen atoms in total. The fourth-order valence-electron chi connectivity index (χ4n) is 1.78. The first-order chi connectivity index (χ1) is 9.70. The maximum atomic E-state index is 12.3. The van der Waals surface area contributed by atoms with Gasteiger partial charge in [0.25, 0.3) is 10.0 Å². The van der Waals surface area contributed by atoms with Crippen LogP contribution in [0.2, 0.25) is 0 Å². The van der Waals surface area contributed by atoms with Crippen molar-refractivity contribution in [2.45, 2.75) is 18.7 Å². The van der Waals surface area contributed by atoms with Crippen molar-refractivity contribution in [1.82, 2.24) is 0 Å². The molecule has 8 heteroatoms. The Labute approximate surface area is 135 Å². The lowest BCUT2D eigenvalue weighted by Gasteiger charge is -2.10. The van der Waals surface area contributed by atoms with Gasteiger partial charge in [0.1, 0.15) is 10.7 Å². The van der Waals surface area contributed by atoms with Crippen LogP contribution in [0, 0.1) is 17.4 Å². The molecule has 112 valence electrons. The summed E-state index contributed by atoms with van der Waals surface area (Å²) in [5, 5.41) is 8.84. The van der Waals surface area contributed by atoms with Crippen LogP contribution in [0.1, 0.15) is 21.9 Å². The number of rotatable bonds is 4. The van der Waals surface area contributed by atoms with Crippen LogP contribution in [0.5, 0.6) is 0 Å². The molecule has 0 unspecified atom stereocenters. The first-order valence-electron chi connectivity index (χ1n) is 5.83. The molecule has 0 spiro atoms. The van der Waals surface area contributed by atoms with Crippen LogP contribution in [0.3, 0.4) is 0 Å². The molecule has 2 aromatic rings. The summed E-state index contributed by atoms with van der Waals surface area (Å²) in [6.07, 6.45) is 0. The van der Waals surface area contributed by atoms with Crippen molar-refractivity contribution >= 4 is 44.3 Å². The van der Waals surface area contributed by atoms with E-state index in [1.165, 1.54) is 6.92 Å². The molecule has 0 radical (unpaired) electrons. The number of hydrogen-bond donors (Lipinski definition) is 2. The van der Waals surface area contributed by atoms with Crippen LogP contribution in [-0.2, 0) is 10.0 Å². The summed E-state index contributed by atoms with van der Waals surface area (Å²) in [6.45, 7) is 3.19. The van der Waals surface area contributed by atoms with E-state index in [0.717, 1.165) is 15.2 Å². The van der Waals surface area contributed by atoms with Crippen molar-refractivity contribution < 1.29 is 22.7 Å². The smallest absolute Gasteiger partial charge is 0.371 e. The van der Waals surface area contributed by atoms with E-state index in [1.807, 2.05) is 6.07 Å². The number of aromatic carboxylic acids is 1. The van der Waals surface area contributed by atoms with E-state index in [2.05, 4.69) is 27.3 Å². The molecule has 1 aromatic carbocycles. The number of halogens is 1. The molecule has 0 saturated heterocycles. The third-order valence-corrected chi connectivity index (χ3v) is 4.95. The van der Waals surface area contributed by atoms with Crippen molar-refractivity contribution in [2.75, 3.05) is 4.72 Å². The van der Waals surface area contributed by atoms with Gasteiger partial charge in [0, 0.05) is 9.64 Å². The average Bonchev–Trinajstić information content (AvgIpc) is 2.76. The van der Waals surface area contributed by atoms with E-state index >= 15 is 0 Å². The number of nitrogens with one attached hydrogen (secondary N) is 1. The quantitative estimate of drug-likeness (QED) is 0.740. The SMILES string of the molecule is Cc1cc(I)ccc1NS(=O)(=O)c1cc(C(=O)O)oc1C. The Kier molecular flexibility index (Phi) is 4.28. The van der Waals surface area contributed by atoms with Crippen molar-refractivity contribution in [2.24, 2.45) is 0 Å². The molecular weight excluding hydrogens is 409 g/mol. The number of benzene rings is 1. The zero-order valence-corrected chi connectivity index (χ0v) is 14.1. The second-order valence-corrected chi connectivity index (χ2v) is 7.30. The van der Waals surface area contributed by atoms with Gasteiger partial charge in [-0.1, -0.05) is 0 Å². The molecule has 0 bridgehead atoms. The summed E-state index contributed by atoms with van der Waals surface area (Å²) < 4.78 is 33.0. The lowest BCUT2D eigenvalue weighted by Crippen LogP contribution is -2.14. The van der Waals surface area contributed by atoms with Crippen molar-refractivity contribution in [3.05, 3.63) is 44.9 Å². The summed E-state index contributed by atoms with van der Waals surface area (Å²) in [5.74, 6) is -1.69. The third-order valence-electron chi connectivity index (χ3n) is 2.81. The van der Waals surface area contributed by atoms with Crippen LogP contribution in [0.15, 0.2) is 33.6 Å². The number of carboxylic acid groups (broad SMARTS) is 1. The number of anilines is 1. The van der Waals surface area contributed by atoms with E-state index in [-0.39, 0.29) is 10.7 Å². The predicted octanol–water partition coefficient (Wildman–Crippen LogP) is 3.00. The number of hydrogen-bond acceptors (Lipinski definition) is 4. The Morgan fingerprint density at radius 2 is 1.95 bits per heavy atom. The van der Waals surface area contributed by atoms with Gasteiger partial charge in [-0.2, -0.15) is 0 Å². The van der Waals surface area contributed by atoms with E-state index in [0.29, 0.717) is 5.69 Å². The van der Waals surface area contributed by atoms with Crippen molar-refractivity contribution in [3.63, 3.8) is 0 Å². The molecule has 0 aliphatic heterocycles. The number of carbonyl (C=O) groups is 1. The first kappa shape index (κ1) is 15.8. The minimum Gasteiger partial charge on any atom is -0.475 e. The Bertz CT molecular complexity index is 810. The molecule has 0 atom stereocenters. The summed E-state index contributed by atoms with van der Waals surface area (Å²) >= 11 is 2.13. The van der Waals surface area contributed by atoms with Gasteiger partial charge in [0.15, 0.2) is 0 Å². The Balaban J connectivity index is 2.41. The van der Waals surface area contributed by atoms with Gasteiger partial charge in [-0.25, -0.2) is 13.2 Å². The van der Waals surface area contributed by atoms with E-state index in [9.17, 15) is 13.2 Å². The number of sulfonamides is 1. The van der Waals surface area contributed by atoms with Gasteiger partial charge in [-0.3, -0.25) is 4.72 Å². The fraction of sp³-hybridized carbons (Fsp3) is 0.154. The molecule has 0 saturated carbocycles. The number of aryl methyl sites for hydroxylation is 2. The standard InChI is InChI=1S/C13H12INO5S/c1-7-5-9(14)3-4-10(7)15-21(18,19)12-6-11(13(16)17)20-8(12)2/h3-6,15H,1-2H3,(H,16,17). The highest BCUT2D eigenvalue weighted by molar-refractivity contribution is 14.1. The molecular formula is C13H12INO5S. The van der Waals surface area contributed by atoms with Gasteiger partial charge in [0.05, 0.1) is 5.69 Å². The maximum Gasteiger partial charge on any atom is 0.371 e. The normalized spacial score (nSPS) is 11.4. The molecule has 0 aliphatic rings. The van der Waals surface area contributed by atoms with Gasteiger partial charge in [0.2, 0.25) is 5.76 Å². The van der Waals surface area contributed by atoms with Crippen molar-refractivity contribution in [3.8, 4) is 0 Å². The second-order valence-electron chi connectivity index (χ2n) is 4.40. The highest BCUT2D eigenvalue weighted by atomic mass is 127. The summed E-state index contributed by atoms with van der Waals surface area (Å²) in [4.78, 5) is 10.7. The molecule has 2 N–H and O–H groups in total. The summed E-state index contributed by atoms with van der Waals surface area (Å²) in [7, 11) is -3.90. The molecule has 21 heavy (non-hydrogen) atoms. The average molecular weight is 421 g/mol. The van der Waals surface area contributed by atoms with Crippen LogP contribution in [0.25, 0.3) is 0 Å². The molecule has 2 rings (SSSR count). The monoisotopic (exact) mass is 421 g/mol. The van der Waals surface area contributed by atoms with E-state index < -0.39 is 21.8 Å². The lowest BCUT2D eigenvalue weighted by atomic mass is 10.2. The van der Waals surface area contributed by atoms with Gasteiger partial charge in [-0.15, -0.1) is 0 Å². The lowest BCUT2D eigenvalue weighted by molar-refractivity contribution is 0.0661. The second kappa shape index (κ2) is 5.68. The largest absolute Gasteiger partial charge is 0.475 e. The Morgan fingerprint density at radius 1 is 1.29 bits per heavy atom. The molecule has 1 aromatic heterocycles. The van der Waals surface area contributed by atoms with Crippen LogP contribution in [-0.4, -0.2) is 19.5 Å². The maximum absolute atomic E-state index is 12.3. The predicted molar refractivity (Wildman–Crippen MR) is 85.1 cm³/mol. The molecule has 0 fully saturated rings. The highest BCUT2D eigenvalue weighted by Gasteiger charge is 2.24. The van der Waals surface area contributed by atoms with Gasteiger partial charge in [-0.05, 0) is 60.2 Å². The summed E-state index contributed by atoms with van der Waals surface area (Å²) in [6, 6.07) is 6.27. The minimum atomic E-state index is -3.90. The Morgan fingerprint density at radius 3 is 2.48 bits per heavy atom. The van der Waals surface area contributed by atoms with Crippen LogP contribution in [0.4, 0.5) is 5.69 Å². The Hall–Kier alpha value is -1.55. The topological polar surface area (TPSA) is 96.6 Å². The zero-order chi connectivity index (χ0) is 15.8. The van der Waals surface area contributed by atoms with Crippen LogP contribution >= 0.6 is 22.6 Å². The highest BCUT2D eigenvalue weighted by Crippen LogP contribution is 2.25. The molecule has 0 aliphatic carbocycles. The number of carboxylic acids is 1. The molecule has 0 amide bonds. The van der Waals surface area contributed by atoms with Crippen LogP contribution < -0.4 is 4.72 Å². The third kappa shape index (κ3) is 3.38. The number of furan rings is 1. The minimum absolute atomic E-state index is 0.0306. The molecule has 1 heterocycles. The fourth-order valence-corrected chi connectivity index (χ4v) is 3.74. The van der Waals surface area contributed by atoms with E-state index in [4.69, 9.17) is 9.52 Å². The summed E-state index contributed by atoms with van der Waals surface area (Å²) in [5.41, 5.74) is 1.21. The zero-order valence-electron chi connectivity index (χ0n) is 11.2. The van der Waals surface area contributed by atoms with Gasteiger partial charge < -0.3 is 9.52 Å².